The van der Waals surface area contributed by atoms with Gasteiger partial charge in [0.15, 0.2) is 0 Å². The van der Waals surface area contributed by atoms with E-state index in [2.05, 4.69) is 10.2 Å². The van der Waals surface area contributed by atoms with E-state index >= 15 is 0 Å². The van der Waals surface area contributed by atoms with E-state index in [0.717, 1.165) is 0 Å². The highest BCUT2D eigenvalue weighted by molar-refractivity contribution is 5.73. The molecule has 86 valence electrons. The van der Waals surface area contributed by atoms with Gasteiger partial charge in [0.25, 0.3) is 0 Å². The number of carbonyl (C=O) groups is 1. The standard InChI is InChI=1S/C7H10FN3O2.C2H6/c1-3-4(6(8)11-10-3)2-5(9)7(12)13;1-2/h5H,2,9H2,1H3,(H,10,11)(H,12,13);1-2H3. The molecule has 0 saturated carbocycles. The van der Waals surface area contributed by atoms with Gasteiger partial charge in [0.2, 0.25) is 5.95 Å². The van der Waals surface area contributed by atoms with Crippen LogP contribution in [-0.4, -0.2) is 27.3 Å². The maximum Gasteiger partial charge on any atom is 0.320 e. The molecule has 0 saturated heterocycles. The predicted octanol–water partition coefficient (Wildman–Crippen LogP) is 0.838. The van der Waals surface area contributed by atoms with E-state index in [1.165, 1.54) is 0 Å². The van der Waals surface area contributed by atoms with E-state index in [0.29, 0.717) is 5.69 Å². The molecule has 4 N–H and O–H groups in total. The fourth-order valence-electron chi connectivity index (χ4n) is 0.967. The molecule has 1 heterocycles. The van der Waals surface area contributed by atoms with Crippen LogP contribution >= 0.6 is 0 Å². The van der Waals surface area contributed by atoms with Gasteiger partial charge in [-0.3, -0.25) is 9.89 Å². The van der Waals surface area contributed by atoms with E-state index < -0.39 is 18.0 Å². The SMILES string of the molecule is CC.Cc1[nH]nc(F)c1CC(N)C(=O)O. The Morgan fingerprint density at radius 1 is 1.67 bits per heavy atom. The van der Waals surface area contributed by atoms with Crippen LogP contribution in [0.5, 0.6) is 0 Å². The van der Waals surface area contributed by atoms with Gasteiger partial charge in [-0.15, -0.1) is 5.10 Å². The van der Waals surface area contributed by atoms with Gasteiger partial charge in [-0.25, -0.2) is 0 Å². The Balaban J connectivity index is 0.000000921. The van der Waals surface area contributed by atoms with Crippen molar-refractivity contribution < 1.29 is 14.3 Å². The van der Waals surface area contributed by atoms with E-state index in [1.54, 1.807) is 6.92 Å². The summed E-state index contributed by atoms with van der Waals surface area (Å²) in [7, 11) is 0. The minimum atomic E-state index is -1.15. The summed E-state index contributed by atoms with van der Waals surface area (Å²) in [6.45, 7) is 5.61. The second-order valence-corrected chi connectivity index (χ2v) is 2.77. The molecule has 0 fully saturated rings. The highest BCUT2D eigenvalue weighted by Crippen LogP contribution is 2.10. The molecule has 1 aromatic rings. The van der Waals surface area contributed by atoms with Crippen molar-refractivity contribution >= 4 is 5.97 Å². The summed E-state index contributed by atoms with van der Waals surface area (Å²) in [5.74, 6) is -1.84. The molecule has 0 amide bonds. The maximum absolute atomic E-state index is 12.8. The molecular formula is C9H16FN3O2. The number of rotatable bonds is 3. The molecule has 1 aromatic heterocycles. The van der Waals surface area contributed by atoms with Gasteiger partial charge in [0.05, 0.1) is 0 Å². The van der Waals surface area contributed by atoms with Gasteiger partial charge in [0, 0.05) is 17.7 Å². The first-order valence-corrected chi connectivity index (χ1v) is 4.70. The molecular weight excluding hydrogens is 201 g/mol. The molecule has 0 bridgehead atoms. The number of aryl methyl sites for hydroxylation is 1. The summed E-state index contributed by atoms with van der Waals surface area (Å²) in [4.78, 5) is 10.4. The van der Waals surface area contributed by atoms with Crippen molar-refractivity contribution in [2.45, 2.75) is 33.2 Å². The van der Waals surface area contributed by atoms with Gasteiger partial charge in [-0.1, -0.05) is 13.8 Å². The monoisotopic (exact) mass is 217 g/mol. The van der Waals surface area contributed by atoms with Gasteiger partial charge < -0.3 is 10.8 Å². The number of nitrogens with two attached hydrogens (primary N) is 1. The number of halogens is 1. The van der Waals surface area contributed by atoms with E-state index in [1.807, 2.05) is 13.8 Å². The summed E-state index contributed by atoms with van der Waals surface area (Å²) in [6.07, 6.45) is -0.0521. The lowest BCUT2D eigenvalue weighted by Crippen LogP contribution is -2.32. The number of hydrogen-bond acceptors (Lipinski definition) is 3. The highest BCUT2D eigenvalue weighted by Gasteiger charge is 2.18. The van der Waals surface area contributed by atoms with Gasteiger partial charge in [-0.2, -0.15) is 4.39 Å². The average Bonchev–Trinajstić information content (AvgIpc) is 2.52. The zero-order valence-electron chi connectivity index (χ0n) is 9.04. The Kier molecular flexibility index (Phi) is 5.54. The number of carboxylic acids is 1. The Hall–Kier alpha value is -1.43. The molecule has 1 unspecified atom stereocenters. The van der Waals surface area contributed by atoms with Crippen LogP contribution in [0.1, 0.15) is 25.1 Å². The Morgan fingerprint density at radius 3 is 2.53 bits per heavy atom. The molecule has 5 nitrogen and oxygen atoms in total. The van der Waals surface area contributed by atoms with Crippen LogP contribution in [0.4, 0.5) is 4.39 Å². The molecule has 15 heavy (non-hydrogen) atoms. The van der Waals surface area contributed by atoms with Gasteiger partial charge >= 0.3 is 5.97 Å². The molecule has 1 rings (SSSR count). The quantitative estimate of drug-likeness (QED) is 0.699. The van der Waals surface area contributed by atoms with Gasteiger partial charge in [-0.05, 0) is 6.92 Å². The van der Waals surface area contributed by atoms with Crippen LogP contribution in [0.2, 0.25) is 0 Å². The Morgan fingerprint density at radius 2 is 2.20 bits per heavy atom. The second kappa shape index (κ2) is 6.13. The first kappa shape index (κ1) is 13.6. The second-order valence-electron chi connectivity index (χ2n) is 2.77. The first-order chi connectivity index (χ1) is 7.02. The van der Waals surface area contributed by atoms with Crippen molar-refractivity contribution in [3.63, 3.8) is 0 Å². The van der Waals surface area contributed by atoms with E-state index in [-0.39, 0.29) is 12.0 Å². The minimum absolute atomic E-state index is 0.0521. The fraction of sp³-hybridized carbons (Fsp3) is 0.556. The lowest BCUT2D eigenvalue weighted by molar-refractivity contribution is -0.138. The zero-order chi connectivity index (χ0) is 12.0. The third-order valence-corrected chi connectivity index (χ3v) is 1.76. The molecule has 0 aliphatic heterocycles. The zero-order valence-corrected chi connectivity index (χ0v) is 9.04. The third-order valence-electron chi connectivity index (χ3n) is 1.76. The normalized spacial score (nSPS) is 11.5. The maximum atomic E-state index is 12.8. The number of nitrogens with one attached hydrogen (secondary N) is 1. The van der Waals surface area contributed by atoms with Crippen molar-refractivity contribution in [3.8, 4) is 0 Å². The predicted molar refractivity (Wildman–Crippen MR) is 53.9 cm³/mol. The number of nitrogens with zero attached hydrogens (tertiary/aromatic N) is 1. The van der Waals surface area contributed by atoms with Gasteiger partial charge in [0.1, 0.15) is 6.04 Å². The summed E-state index contributed by atoms with van der Waals surface area (Å²) in [6, 6.07) is -1.09. The number of aliphatic carboxylic acids is 1. The molecule has 0 radical (unpaired) electrons. The topological polar surface area (TPSA) is 92.0 Å². The smallest absolute Gasteiger partial charge is 0.320 e. The molecule has 1 atom stereocenters. The van der Waals surface area contributed by atoms with Crippen molar-refractivity contribution in [2.75, 3.05) is 0 Å². The van der Waals surface area contributed by atoms with Crippen LogP contribution in [0, 0.1) is 12.9 Å². The molecule has 0 spiro atoms. The van der Waals surface area contributed by atoms with Crippen LogP contribution in [0.3, 0.4) is 0 Å². The summed E-state index contributed by atoms with van der Waals surface area (Å²) in [5, 5.41) is 14.2. The van der Waals surface area contributed by atoms with Crippen LogP contribution < -0.4 is 5.73 Å². The van der Waals surface area contributed by atoms with Crippen LogP contribution in [0.25, 0.3) is 0 Å². The molecule has 0 aromatic carbocycles. The number of carboxylic acid groups (broad SMARTS) is 1. The molecule has 0 aliphatic rings. The minimum Gasteiger partial charge on any atom is -0.480 e. The average molecular weight is 217 g/mol. The van der Waals surface area contributed by atoms with Crippen molar-refractivity contribution in [3.05, 3.63) is 17.2 Å². The van der Waals surface area contributed by atoms with Crippen molar-refractivity contribution in [1.82, 2.24) is 10.2 Å². The summed E-state index contributed by atoms with van der Waals surface area (Å²) >= 11 is 0. The van der Waals surface area contributed by atoms with E-state index in [4.69, 9.17) is 10.8 Å². The Labute approximate surface area is 87.5 Å². The number of aromatic amines is 1. The van der Waals surface area contributed by atoms with Crippen molar-refractivity contribution in [2.24, 2.45) is 5.73 Å². The van der Waals surface area contributed by atoms with E-state index in [9.17, 15) is 9.18 Å². The molecule has 0 aliphatic carbocycles. The third kappa shape index (κ3) is 3.67. The lowest BCUT2D eigenvalue weighted by Gasteiger charge is -2.04. The van der Waals surface area contributed by atoms with Crippen LogP contribution in [0.15, 0.2) is 0 Å². The summed E-state index contributed by atoms with van der Waals surface area (Å²) in [5.41, 5.74) is 5.98. The first-order valence-electron chi connectivity index (χ1n) is 4.70. The highest BCUT2D eigenvalue weighted by atomic mass is 19.1. The molecule has 6 heteroatoms. The Bertz CT molecular complexity index is 306. The number of H-pyrrole nitrogens is 1. The summed E-state index contributed by atoms with van der Waals surface area (Å²) < 4.78 is 12.8. The fourth-order valence-corrected chi connectivity index (χ4v) is 0.967. The lowest BCUT2D eigenvalue weighted by atomic mass is 10.1. The van der Waals surface area contributed by atoms with Crippen LogP contribution in [-0.2, 0) is 11.2 Å². The number of aromatic nitrogens is 2. The largest absolute Gasteiger partial charge is 0.480 e. The van der Waals surface area contributed by atoms with Crippen molar-refractivity contribution in [1.29, 1.82) is 0 Å². The number of hydrogen-bond donors (Lipinski definition) is 3.